The highest BCUT2D eigenvalue weighted by atomic mass is 16.6. The lowest BCUT2D eigenvalue weighted by atomic mass is 9.98. The van der Waals surface area contributed by atoms with E-state index in [1.807, 2.05) is 0 Å². The van der Waals surface area contributed by atoms with Crippen LogP contribution in [0.1, 0.15) is 41.5 Å². The Morgan fingerprint density at radius 2 is 1.32 bits per heavy atom. The minimum Gasteiger partial charge on any atom is -0.479 e. The van der Waals surface area contributed by atoms with Gasteiger partial charge in [0, 0.05) is 13.1 Å². The number of carbonyl (C=O) groups is 3. The fraction of sp³-hybridized carbons (Fsp3) is 0.786. The minimum atomic E-state index is -2.65. The van der Waals surface area contributed by atoms with E-state index in [0.29, 0.717) is 0 Å². The fourth-order valence-corrected chi connectivity index (χ4v) is 1.45. The summed E-state index contributed by atoms with van der Waals surface area (Å²) in [5.74, 6) is -4.19. The van der Waals surface area contributed by atoms with E-state index in [9.17, 15) is 19.5 Å². The van der Waals surface area contributed by atoms with Crippen molar-refractivity contribution in [3.63, 3.8) is 0 Å². The number of rotatable bonds is 6. The summed E-state index contributed by atoms with van der Waals surface area (Å²) >= 11 is 0. The first kappa shape index (κ1) is 20.3. The van der Waals surface area contributed by atoms with Gasteiger partial charge in [0.05, 0.1) is 0 Å². The molecule has 0 aliphatic heterocycles. The highest BCUT2D eigenvalue weighted by Gasteiger charge is 2.58. The van der Waals surface area contributed by atoms with Crippen LogP contribution < -0.4 is 11.1 Å². The molecule has 8 heteroatoms. The van der Waals surface area contributed by atoms with E-state index in [2.05, 4.69) is 5.32 Å². The molecule has 0 aliphatic carbocycles. The highest BCUT2D eigenvalue weighted by Crippen LogP contribution is 2.20. The van der Waals surface area contributed by atoms with Gasteiger partial charge in [-0.2, -0.15) is 0 Å². The van der Waals surface area contributed by atoms with Crippen LogP contribution in [0.5, 0.6) is 0 Å². The predicted molar refractivity (Wildman–Crippen MR) is 79.1 cm³/mol. The first-order valence-corrected chi connectivity index (χ1v) is 6.91. The first-order chi connectivity index (χ1) is 9.76. The summed E-state index contributed by atoms with van der Waals surface area (Å²) in [6, 6.07) is 0. The molecule has 0 heterocycles. The third kappa shape index (κ3) is 5.61. The third-order valence-electron chi connectivity index (χ3n) is 2.27. The van der Waals surface area contributed by atoms with Crippen molar-refractivity contribution < 1.29 is 29.0 Å². The lowest BCUT2D eigenvalue weighted by Crippen LogP contribution is -2.67. The number of nitrogens with two attached hydrogens (primary N) is 1. The van der Waals surface area contributed by atoms with Crippen LogP contribution in [0.2, 0.25) is 0 Å². The van der Waals surface area contributed by atoms with Crippen molar-refractivity contribution in [1.82, 2.24) is 5.32 Å². The standard InChI is InChI=1S/C14H26N2O6/c1-12(2,3)21-10(19)14(9(17)18,16-8-7-15)11(20)22-13(4,5)6/h16H,7-8,15H2,1-6H3,(H,17,18). The quantitative estimate of drug-likeness (QED) is 0.462. The van der Waals surface area contributed by atoms with Crippen LogP contribution in [-0.4, -0.2) is 52.8 Å². The van der Waals surface area contributed by atoms with Gasteiger partial charge in [-0.1, -0.05) is 0 Å². The smallest absolute Gasteiger partial charge is 0.350 e. The van der Waals surface area contributed by atoms with Crippen LogP contribution in [0.4, 0.5) is 0 Å². The lowest BCUT2D eigenvalue weighted by molar-refractivity contribution is -0.185. The molecule has 0 rings (SSSR count). The molecule has 0 spiro atoms. The summed E-state index contributed by atoms with van der Waals surface area (Å²) in [6.45, 7) is 9.34. The zero-order valence-corrected chi connectivity index (χ0v) is 14.0. The van der Waals surface area contributed by atoms with E-state index >= 15 is 0 Å². The maximum Gasteiger partial charge on any atom is 0.350 e. The molecule has 0 fully saturated rings. The van der Waals surface area contributed by atoms with Gasteiger partial charge in [-0.3, -0.25) is 5.32 Å². The van der Waals surface area contributed by atoms with Crippen molar-refractivity contribution >= 4 is 17.9 Å². The average molecular weight is 318 g/mol. The van der Waals surface area contributed by atoms with E-state index in [1.165, 1.54) is 0 Å². The molecular formula is C14H26N2O6. The van der Waals surface area contributed by atoms with Gasteiger partial charge in [-0.05, 0) is 41.5 Å². The molecule has 22 heavy (non-hydrogen) atoms. The van der Waals surface area contributed by atoms with Crippen LogP contribution in [0.25, 0.3) is 0 Å². The molecule has 0 aromatic carbocycles. The molecule has 0 atom stereocenters. The van der Waals surface area contributed by atoms with Gasteiger partial charge in [0.2, 0.25) is 0 Å². The van der Waals surface area contributed by atoms with Gasteiger partial charge in [0.25, 0.3) is 0 Å². The molecular weight excluding hydrogens is 292 g/mol. The topological polar surface area (TPSA) is 128 Å². The molecule has 0 aromatic rings. The van der Waals surface area contributed by atoms with Crippen LogP contribution >= 0.6 is 0 Å². The zero-order valence-electron chi connectivity index (χ0n) is 14.0. The number of carboxylic acids is 1. The Morgan fingerprint density at radius 3 is 1.55 bits per heavy atom. The SMILES string of the molecule is CC(C)(C)OC(=O)C(NCCN)(C(=O)O)C(=O)OC(C)(C)C. The molecule has 0 saturated heterocycles. The number of carboxylic acid groups (broad SMARTS) is 1. The normalized spacial score (nSPS) is 12.7. The zero-order chi connectivity index (χ0) is 17.8. The Hall–Kier alpha value is -1.67. The van der Waals surface area contributed by atoms with Crippen LogP contribution in [0.3, 0.4) is 0 Å². The molecule has 0 aromatic heterocycles. The van der Waals surface area contributed by atoms with Crippen molar-refractivity contribution in [2.75, 3.05) is 13.1 Å². The van der Waals surface area contributed by atoms with Crippen molar-refractivity contribution in [1.29, 1.82) is 0 Å². The van der Waals surface area contributed by atoms with E-state index < -0.39 is 34.6 Å². The number of aliphatic carboxylic acids is 1. The number of carbonyl (C=O) groups excluding carboxylic acids is 2. The summed E-state index contributed by atoms with van der Waals surface area (Å²) in [6.07, 6.45) is 0. The number of hydrogen-bond acceptors (Lipinski definition) is 7. The monoisotopic (exact) mass is 318 g/mol. The summed E-state index contributed by atoms with van der Waals surface area (Å²) in [4.78, 5) is 36.4. The van der Waals surface area contributed by atoms with E-state index in [0.717, 1.165) is 0 Å². The van der Waals surface area contributed by atoms with Gasteiger partial charge < -0.3 is 20.3 Å². The molecule has 0 amide bonds. The number of esters is 2. The average Bonchev–Trinajstić information content (AvgIpc) is 2.24. The van der Waals surface area contributed by atoms with Gasteiger partial charge in [-0.25, -0.2) is 14.4 Å². The van der Waals surface area contributed by atoms with Crippen LogP contribution in [0, 0.1) is 0 Å². The molecule has 0 saturated carbocycles. The number of hydrogen-bond donors (Lipinski definition) is 3. The Morgan fingerprint density at radius 1 is 0.955 bits per heavy atom. The summed E-state index contributed by atoms with van der Waals surface area (Å²) in [5.41, 5.74) is 0.742. The van der Waals surface area contributed by atoms with Crippen LogP contribution in [-0.2, 0) is 23.9 Å². The second-order valence-electron chi connectivity index (χ2n) is 6.77. The van der Waals surface area contributed by atoms with E-state index in [-0.39, 0.29) is 13.1 Å². The molecule has 8 nitrogen and oxygen atoms in total. The van der Waals surface area contributed by atoms with Crippen molar-refractivity contribution in [2.45, 2.75) is 58.3 Å². The molecule has 128 valence electrons. The Bertz CT molecular complexity index is 406. The second-order valence-corrected chi connectivity index (χ2v) is 6.77. The largest absolute Gasteiger partial charge is 0.479 e. The van der Waals surface area contributed by atoms with Gasteiger partial charge in [-0.15, -0.1) is 0 Å². The van der Waals surface area contributed by atoms with E-state index in [1.54, 1.807) is 41.5 Å². The number of ether oxygens (including phenoxy) is 2. The van der Waals surface area contributed by atoms with Crippen molar-refractivity contribution in [2.24, 2.45) is 5.73 Å². The van der Waals surface area contributed by atoms with Crippen molar-refractivity contribution in [3.05, 3.63) is 0 Å². The second kappa shape index (κ2) is 7.06. The molecule has 4 N–H and O–H groups in total. The van der Waals surface area contributed by atoms with Gasteiger partial charge >= 0.3 is 23.4 Å². The lowest BCUT2D eigenvalue weighted by Gasteiger charge is -2.32. The Balaban J connectivity index is 5.75. The van der Waals surface area contributed by atoms with Gasteiger partial charge in [0.1, 0.15) is 11.2 Å². The van der Waals surface area contributed by atoms with Crippen LogP contribution in [0.15, 0.2) is 0 Å². The van der Waals surface area contributed by atoms with E-state index in [4.69, 9.17) is 15.2 Å². The Kier molecular flexibility index (Phi) is 6.52. The summed E-state index contributed by atoms with van der Waals surface area (Å²) in [5, 5.41) is 11.8. The molecule has 0 radical (unpaired) electrons. The molecule has 0 bridgehead atoms. The summed E-state index contributed by atoms with van der Waals surface area (Å²) < 4.78 is 10.1. The predicted octanol–water partition coefficient (Wildman–Crippen LogP) is 0.0415. The summed E-state index contributed by atoms with van der Waals surface area (Å²) in [7, 11) is 0. The number of nitrogens with one attached hydrogen (secondary N) is 1. The van der Waals surface area contributed by atoms with Gasteiger partial charge in [0.15, 0.2) is 0 Å². The third-order valence-corrected chi connectivity index (χ3v) is 2.27. The Labute approximate surface area is 130 Å². The first-order valence-electron chi connectivity index (χ1n) is 6.91. The highest BCUT2D eigenvalue weighted by molar-refractivity contribution is 6.23. The fourth-order valence-electron chi connectivity index (χ4n) is 1.45. The minimum absolute atomic E-state index is 0.0284. The molecule has 0 aliphatic rings. The maximum absolute atomic E-state index is 12.3. The van der Waals surface area contributed by atoms with Crippen molar-refractivity contribution in [3.8, 4) is 0 Å². The molecule has 0 unspecified atom stereocenters. The maximum atomic E-state index is 12.3.